The summed E-state index contributed by atoms with van der Waals surface area (Å²) >= 11 is 3.46. The van der Waals surface area contributed by atoms with E-state index in [0.717, 1.165) is 16.6 Å². The van der Waals surface area contributed by atoms with Gasteiger partial charge in [0.05, 0.1) is 0 Å². The van der Waals surface area contributed by atoms with Gasteiger partial charge in [-0.15, -0.1) is 0 Å². The first-order chi connectivity index (χ1) is 9.95. The summed E-state index contributed by atoms with van der Waals surface area (Å²) in [6.45, 7) is 2.88. The van der Waals surface area contributed by atoms with Crippen LogP contribution in [0, 0.1) is 0 Å². The summed E-state index contributed by atoms with van der Waals surface area (Å²) in [6, 6.07) is 13.1. The fourth-order valence-corrected chi connectivity index (χ4v) is 2.67. The summed E-state index contributed by atoms with van der Waals surface area (Å²) in [5.41, 5.74) is 2.58. The lowest BCUT2D eigenvalue weighted by Crippen LogP contribution is -2.17. The van der Waals surface area contributed by atoms with Crippen molar-refractivity contribution in [3.05, 3.63) is 63.6 Å². The normalized spacial score (nSPS) is 10.9. The Kier molecular flexibility index (Phi) is 5.15. The van der Waals surface area contributed by atoms with Crippen molar-refractivity contribution in [2.45, 2.75) is 20.0 Å². The number of nitrogens with zero attached hydrogens (tertiary/aromatic N) is 1. The second kappa shape index (κ2) is 6.87. The standard InChI is InChI=1S/C17H18BrNO2/c1-12(20)14-6-7-17(21)15(9-14)11-19(2)10-13-4-3-5-16(18)8-13/h3-9,21H,10-11H2,1-2H3. The third kappa shape index (κ3) is 4.41. The molecule has 0 saturated carbocycles. The van der Waals surface area contributed by atoms with E-state index >= 15 is 0 Å². The van der Waals surface area contributed by atoms with Crippen molar-refractivity contribution in [1.82, 2.24) is 4.90 Å². The Morgan fingerprint density at radius 1 is 1.19 bits per heavy atom. The molecule has 4 heteroatoms. The Morgan fingerprint density at radius 2 is 1.95 bits per heavy atom. The number of carbonyl (C=O) groups is 1. The molecule has 0 aliphatic rings. The molecule has 0 radical (unpaired) electrons. The number of rotatable bonds is 5. The van der Waals surface area contributed by atoms with Crippen LogP contribution in [0.5, 0.6) is 5.75 Å². The minimum absolute atomic E-state index is 0.00546. The summed E-state index contributed by atoms with van der Waals surface area (Å²) in [5, 5.41) is 9.93. The first-order valence-corrected chi connectivity index (χ1v) is 7.51. The predicted octanol–water partition coefficient (Wildman–Crippen LogP) is 3.99. The molecular formula is C17H18BrNO2. The van der Waals surface area contributed by atoms with Gasteiger partial charge in [0.25, 0.3) is 0 Å². The first kappa shape index (κ1) is 15.7. The van der Waals surface area contributed by atoms with Gasteiger partial charge in [0, 0.05) is 28.7 Å². The molecule has 0 amide bonds. The van der Waals surface area contributed by atoms with Gasteiger partial charge >= 0.3 is 0 Å². The number of hydrogen-bond acceptors (Lipinski definition) is 3. The van der Waals surface area contributed by atoms with E-state index in [9.17, 15) is 9.90 Å². The molecule has 0 unspecified atom stereocenters. The van der Waals surface area contributed by atoms with E-state index in [1.807, 2.05) is 19.2 Å². The lowest BCUT2D eigenvalue weighted by Gasteiger charge is -2.18. The fraction of sp³-hybridized carbons (Fsp3) is 0.235. The van der Waals surface area contributed by atoms with Gasteiger partial charge in [-0.3, -0.25) is 9.69 Å². The number of aromatic hydroxyl groups is 1. The fourth-order valence-electron chi connectivity index (χ4n) is 2.22. The smallest absolute Gasteiger partial charge is 0.159 e. The minimum Gasteiger partial charge on any atom is -0.508 e. The largest absolute Gasteiger partial charge is 0.508 e. The lowest BCUT2D eigenvalue weighted by molar-refractivity contribution is 0.101. The van der Waals surface area contributed by atoms with Crippen LogP contribution >= 0.6 is 15.9 Å². The molecular weight excluding hydrogens is 330 g/mol. The number of phenolic OH excluding ortho intramolecular Hbond substituents is 1. The molecule has 21 heavy (non-hydrogen) atoms. The molecule has 2 aromatic rings. The third-order valence-electron chi connectivity index (χ3n) is 3.27. The van der Waals surface area contributed by atoms with E-state index < -0.39 is 0 Å². The Morgan fingerprint density at radius 3 is 2.62 bits per heavy atom. The van der Waals surface area contributed by atoms with Crippen molar-refractivity contribution in [2.75, 3.05) is 7.05 Å². The van der Waals surface area contributed by atoms with E-state index in [4.69, 9.17) is 0 Å². The Labute approximate surface area is 133 Å². The van der Waals surface area contributed by atoms with Gasteiger partial charge in [0.15, 0.2) is 5.78 Å². The highest BCUT2D eigenvalue weighted by Gasteiger charge is 2.09. The minimum atomic E-state index is 0.00546. The zero-order valence-corrected chi connectivity index (χ0v) is 13.7. The van der Waals surface area contributed by atoms with Gasteiger partial charge in [-0.2, -0.15) is 0 Å². The molecule has 0 saturated heterocycles. The van der Waals surface area contributed by atoms with E-state index in [2.05, 4.69) is 33.0 Å². The van der Waals surface area contributed by atoms with Crippen molar-refractivity contribution < 1.29 is 9.90 Å². The SMILES string of the molecule is CC(=O)c1ccc(O)c(CN(C)Cc2cccc(Br)c2)c1. The van der Waals surface area contributed by atoms with Crippen LogP contribution in [-0.4, -0.2) is 22.8 Å². The average Bonchev–Trinajstić information content (AvgIpc) is 2.41. The predicted molar refractivity (Wildman–Crippen MR) is 87.4 cm³/mol. The van der Waals surface area contributed by atoms with Crippen molar-refractivity contribution in [3.63, 3.8) is 0 Å². The number of Topliss-reactive ketones (excluding diaryl/α,β-unsaturated/α-hetero) is 1. The Balaban J connectivity index is 2.10. The van der Waals surface area contributed by atoms with Crippen molar-refractivity contribution >= 4 is 21.7 Å². The molecule has 0 bridgehead atoms. The van der Waals surface area contributed by atoms with Crippen molar-refractivity contribution in [1.29, 1.82) is 0 Å². The molecule has 0 spiro atoms. The van der Waals surface area contributed by atoms with Gasteiger partial charge in [-0.1, -0.05) is 28.1 Å². The summed E-state index contributed by atoms with van der Waals surface area (Å²) in [5.74, 6) is 0.229. The molecule has 0 aliphatic carbocycles. The maximum absolute atomic E-state index is 11.4. The molecule has 2 rings (SSSR count). The van der Waals surface area contributed by atoms with Gasteiger partial charge < -0.3 is 5.11 Å². The van der Waals surface area contributed by atoms with Crippen molar-refractivity contribution in [3.8, 4) is 5.75 Å². The number of ketones is 1. The van der Waals surface area contributed by atoms with Crippen LogP contribution in [0.2, 0.25) is 0 Å². The van der Waals surface area contributed by atoms with Crippen LogP contribution in [0.4, 0.5) is 0 Å². The highest BCUT2D eigenvalue weighted by Crippen LogP contribution is 2.21. The molecule has 3 nitrogen and oxygen atoms in total. The lowest BCUT2D eigenvalue weighted by atomic mass is 10.1. The number of phenols is 1. The summed E-state index contributed by atoms with van der Waals surface area (Å²) in [4.78, 5) is 13.5. The third-order valence-corrected chi connectivity index (χ3v) is 3.76. The quantitative estimate of drug-likeness (QED) is 0.831. The molecule has 0 fully saturated rings. The van der Waals surface area contributed by atoms with Crippen LogP contribution in [-0.2, 0) is 13.1 Å². The summed E-state index contributed by atoms with van der Waals surface area (Å²) in [7, 11) is 1.99. The van der Waals surface area contributed by atoms with Gasteiger partial charge in [-0.05, 0) is 49.9 Å². The van der Waals surface area contributed by atoms with E-state index in [1.165, 1.54) is 12.5 Å². The molecule has 2 aromatic carbocycles. The molecule has 1 N–H and O–H groups in total. The average molecular weight is 348 g/mol. The summed E-state index contributed by atoms with van der Waals surface area (Å²) < 4.78 is 1.05. The van der Waals surface area contributed by atoms with E-state index in [-0.39, 0.29) is 11.5 Å². The van der Waals surface area contributed by atoms with Crippen LogP contribution in [0.15, 0.2) is 46.9 Å². The second-order valence-corrected chi connectivity index (χ2v) is 6.12. The summed E-state index contributed by atoms with van der Waals surface area (Å²) in [6.07, 6.45) is 0. The maximum Gasteiger partial charge on any atom is 0.159 e. The van der Waals surface area contributed by atoms with Crippen LogP contribution in [0.3, 0.4) is 0 Å². The highest BCUT2D eigenvalue weighted by atomic mass is 79.9. The van der Waals surface area contributed by atoms with Crippen LogP contribution in [0.25, 0.3) is 0 Å². The maximum atomic E-state index is 11.4. The molecule has 110 valence electrons. The highest BCUT2D eigenvalue weighted by molar-refractivity contribution is 9.10. The number of carbonyl (C=O) groups excluding carboxylic acids is 1. The van der Waals surface area contributed by atoms with Crippen molar-refractivity contribution in [2.24, 2.45) is 0 Å². The van der Waals surface area contributed by atoms with Crippen LogP contribution in [0.1, 0.15) is 28.4 Å². The van der Waals surface area contributed by atoms with E-state index in [0.29, 0.717) is 12.1 Å². The molecule has 0 aliphatic heterocycles. The topological polar surface area (TPSA) is 40.5 Å². The van der Waals surface area contributed by atoms with Gasteiger partial charge in [0.2, 0.25) is 0 Å². The number of halogens is 1. The van der Waals surface area contributed by atoms with Gasteiger partial charge in [-0.25, -0.2) is 0 Å². The Hall–Kier alpha value is -1.65. The first-order valence-electron chi connectivity index (χ1n) is 6.71. The second-order valence-electron chi connectivity index (χ2n) is 5.20. The van der Waals surface area contributed by atoms with Gasteiger partial charge in [0.1, 0.15) is 5.75 Å². The Bertz CT molecular complexity index is 655. The number of hydrogen-bond donors (Lipinski definition) is 1. The zero-order chi connectivity index (χ0) is 15.4. The van der Waals surface area contributed by atoms with Crippen LogP contribution < -0.4 is 0 Å². The number of benzene rings is 2. The van der Waals surface area contributed by atoms with E-state index in [1.54, 1.807) is 18.2 Å². The molecule has 0 heterocycles. The molecule has 0 atom stereocenters. The zero-order valence-electron chi connectivity index (χ0n) is 12.1. The monoisotopic (exact) mass is 347 g/mol. The molecule has 0 aromatic heterocycles.